The van der Waals surface area contributed by atoms with E-state index in [0.717, 1.165) is 5.56 Å². The van der Waals surface area contributed by atoms with Crippen molar-refractivity contribution < 1.29 is 4.79 Å². The van der Waals surface area contributed by atoms with Gasteiger partial charge in [0.25, 0.3) is 0 Å². The predicted octanol–water partition coefficient (Wildman–Crippen LogP) is 1.75. The van der Waals surface area contributed by atoms with Crippen molar-refractivity contribution in [1.29, 1.82) is 0 Å². The molecule has 0 saturated heterocycles. The first-order chi connectivity index (χ1) is 7.58. The zero-order valence-corrected chi connectivity index (χ0v) is 10.1. The average molecular weight is 262 g/mol. The van der Waals surface area contributed by atoms with Crippen LogP contribution in [0.4, 0.5) is 4.79 Å². The number of urea groups is 1. The molecule has 16 heavy (non-hydrogen) atoms. The van der Waals surface area contributed by atoms with Crippen LogP contribution in [-0.2, 0) is 6.54 Å². The molecule has 0 heterocycles. The lowest BCUT2D eigenvalue weighted by Gasteiger charge is -2.06. The van der Waals surface area contributed by atoms with Gasteiger partial charge in [-0.3, -0.25) is 0 Å². The molecular formula is C10H13Cl2N3O. The first-order valence-electron chi connectivity index (χ1n) is 4.77. The van der Waals surface area contributed by atoms with Crippen LogP contribution in [0.3, 0.4) is 0 Å². The van der Waals surface area contributed by atoms with E-state index in [1.807, 2.05) is 12.1 Å². The number of nitrogens with one attached hydrogen (secondary N) is 2. The van der Waals surface area contributed by atoms with Crippen molar-refractivity contribution in [3.63, 3.8) is 0 Å². The van der Waals surface area contributed by atoms with Crippen molar-refractivity contribution >= 4 is 29.2 Å². The second-order valence-corrected chi connectivity index (χ2v) is 4.12. The molecule has 0 aromatic heterocycles. The second kappa shape index (κ2) is 6.58. The van der Waals surface area contributed by atoms with E-state index < -0.39 is 6.03 Å². The minimum atomic E-state index is -0.521. The number of nitrogens with two attached hydrogens (primary N) is 1. The molecule has 2 amide bonds. The van der Waals surface area contributed by atoms with Crippen molar-refractivity contribution in [2.75, 3.05) is 13.1 Å². The third-order valence-corrected chi connectivity index (χ3v) is 2.29. The zero-order chi connectivity index (χ0) is 12.0. The van der Waals surface area contributed by atoms with Crippen LogP contribution >= 0.6 is 23.2 Å². The Hall–Kier alpha value is -0.970. The quantitative estimate of drug-likeness (QED) is 0.708. The molecule has 88 valence electrons. The first kappa shape index (κ1) is 13.1. The van der Waals surface area contributed by atoms with E-state index in [1.54, 1.807) is 6.07 Å². The number of carbonyl (C=O) groups is 1. The van der Waals surface area contributed by atoms with E-state index in [9.17, 15) is 4.79 Å². The standard InChI is InChI=1S/C10H13Cl2N3O/c11-8-3-7(4-9(12)5-8)6-14-1-2-15-10(13)16/h3-5,14H,1-2,6H2,(H3,13,15,16). The van der Waals surface area contributed by atoms with Gasteiger partial charge < -0.3 is 16.4 Å². The molecule has 0 bridgehead atoms. The molecule has 1 rings (SSSR count). The lowest BCUT2D eigenvalue weighted by molar-refractivity contribution is 0.249. The molecule has 0 atom stereocenters. The van der Waals surface area contributed by atoms with Gasteiger partial charge in [-0.25, -0.2) is 4.79 Å². The van der Waals surface area contributed by atoms with Gasteiger partial charge in [0, 0.05) is 29.7 Å². The number of benzene rings is 1. The van der Waals surface area contributed by atoms with Crippen molar-refractivity contribution in [1.82, 2.24) is 10.6 Å². The van der Waals surface area contributed by atoms with Gasteiger partial charge in [0.05, 0.1) is 0 Å². The molecule has 1 aromatic carbocycles. The molecule has 0 aliphatic carbocycles. The van der Waals surface area contributed by atoms with E-state index in [4.69, 9.17) is 28.9 Å². The van der Waals surface area contributed by atoms with E-state index in [2.05, 4.69) is 10.6 Å². The number of halogens is 2. The molecule has 1 aromatic rings. The molecule has 4 N–H and O–H groups in total. The van der Waals surface area contributed by atoms with E-state index in [1.165, 1.54) is 0 Å². The third kappa shape index (κ3) is 5.21. The second-order valence-electron chi connectivity index (χ2n) is 3.25. The number of hydrogen-bond acceptors (Lipinski definition) is 2. The molecule has 0 unspecified atom stereocenters. The van der Waals surface area contributed by atoms with Gasteiger partial charge in [0.1, 0.15) is 0 Å². The van der Waals surface area contributed by atoms with Crippen molar-refractivity contribution in [2.24, 2.45) is 5.73 Å². The fourth-order valence-electron chi connectivity index (χ4n) is 1.22. The highest BCUT2D eigenvalue weighted by Crippen LogP contribution is 2.18. The van der Waals surface area contributed by atoms with Gasteiger partial charge in [0.15, 0.2) is 0 Å². The molecular weight excluding hydrogens is 249 g/mol. The van der Waals surface area contributed by atoms with Crippen LogP contribution in [0.2, 0.25) is 10.0 Å². The molecule has 0 saturated carbocycles. The van der Waals surface area contributed by atoms with Crippen LogP contribution in [0.1, 0.15) is 5.56 Å². The fraction of sp³-hybridized carbons (Fsp3) is 0.300. The summed E-state index contributed by atoms with van der Waals surface area (Å²) in [6.07, 6.45) is 0. The van der Waals surface area contributed by atoms with Crippen LogP contribution in [0.5, 0.6) is 0 Å². The predicted molar refractivity (Wildman–Crippen MR) is 65.8 cm³/mol. The van der Waals surface area contributed by atoms with Gasteiger partial charge in [-0.1, -0.05) is 23.2 Å². The molecule has 4 nitrogen and oxygen atoms in total. The summed E-state index contributed by atoms with van der Waals surface area (Å²) in [6, 6.07) is 4.83. The van der Waals surface area contributed by atoms with Crippen LogP contribution < -0.4 is 16.4 Å². The SMILES string of the molecule is NC(=O)NCCNCc1cc(Cl)cc(Cl)c1. The average Bonchev–Trinajstić information content (AvgIpc) is 2.15. The smallest absolute Gasteiger partial charge is 0.312 e. The largest absolute Gasteiger partial charge is 0.352 e. The summed E-state index contributed by atoms with van der Waals surface area (Å²) in [6.45, 7) is 1.76. The Morgan fingerprint density at radius 3 is 2.38 bits per heavy atom. The van der Waals surface area contributed by atoms with Gasteiger partial charge in [-0.05, 0) is 23.8 Å². The molecule has 0 spiro atoms. The lowest BCUT2D eigenvalue weighted by atomic mass is 10.2. The van der Waals surface area contributed by atoms with Crippen LogP contribution in [0.25, 0.3) is 0 Å². The minimum absolute atomic E-state index is 0.490. The lowest BCUT2D eigenvalue weighted by Crippen LogP contribution is -2.35. The number of amides is 2. The van der Waals surface area contributed by atoms with Crippen molar-refractivity contribution in [3.8, 4) is 0 Å². The van der Waals surface area contributed by atoms with Gasteiger partial charge in [-0.2, -0.15) is 0 Å². The fourth-order valence-corrected chi connectivity index (χ4v) is 1.79. The maximum absolute atomic E-state index is 10.4. The van der Waals surface area contributed by atoms with E-state index >= 15 is 0 Å². The maximum Gasteiger partial charge on any atom is 0.312 e. The highest BCUT2D eigenvalue weighted by atomic mass is 35.5. The summed E-state index contributed by atoms with van der Waals surface area (Å²) in [5, 5.41) is 6.82. The third-order valence-electron chi connectivity index (χ3n) is 1.85. The highest BCUT2D eigenvalue weighted by molar-refractivity contribution is 6.34. The van der Waals surface area contributed by atoms with Gasteiger partial charge >= 0.3 is 6.03 Å². The Balaban J connectivity index is 2.29. The summed E-state index contributed by atoms with van der Waals surface area (Å²) < 4.78 is 0. The summed E-state index contributed by atoms with van der Waals surface area (Å²) in [4.78, 5) is 10.4. The number of rotatable bonds is 5. The minimum Gasteiger partial charge on any atom is -0.352 e. The van der Waals surface area contributed by atoms with Gasteiger partial charge in [0.2, 0.25) is 0 Å². The Bertz CT molecular complexity index is 351. The van der Waals surface area contributed by atoms with E-state index in [-0.39, 0.29) is 0 Å². The molecule has 0 radical (unpaired) electrons. The van der Waals surface area contributed by atoms with Crippen molar-refractivity contribution in [2.45, 2.75) is 6.54 Å². The molecule has 0 fully saturated rings. The van der Waals surface area contributed by atoms with Gasteiger partial charge in [-0.15, -0.1) is 0 Å². The summed E-state index contributed by atoms with van der Waals surface area (Å²) in [7, 11) is 0. The number of hydrogen-bond donors (Lipinski definition) is 3. The normalized spacial score (nSPS) is 10.1. The van der Waals surface area contributed by atoms with Crippen molar-refractivity contribution in [3.05, 3.63) is 33.8 Å². The summed E-state index contributed by atoms with van der Waals surface area (Å²) in [5.74, 6) is 0. The van der Waals surface area contributed by atoms with Crippen LogP contribution in [0.15, 0.2) is 18.2 Å². The molecule has 0 aliphatic rings. The summed E-state index contributed by atoms with van der Waals surface area (Å²) >= 11 is 11.7. The Kier molecular flexibility index (Phi) is 5.38. The zero-order valence-electron chi connectivity index (χ0n) is 8.59. The maximum atomic E-state index is 10.4. The molecule has 6 heteroatoms. The topological polar surface area (TPSA) is 67.2 Å². The Morgan fingerprint density at radius 2 is 1.81 bits per heavy atom. The molecule has 0 aliphatic heterocycles. The van der Waals surface area contributed by atoms with Crippen LogP contribution in [0, 0.1) is 0 Å². The number of carbonyl (C=O) groups excluding carboxylic acids is 1. The monoisotopic (exact) mass is 261 g/mol. The first-order valence-corrected chi connectivity index (χ1v) is 5.52. The Labute approximate surface area is 104 Å². The highest BCUT2D eigenvalue weighted by Gasteiger charge is 1.98. The summed E-state index contributed by atoms with van der Waals surface area (Å²) in [5.41, 5.74) is 5.91. The number of primary amides is 1. The van der Waals surface area contributed by atoms with Crippen LogP contribution in [-0.4, -0.2) is 19.1 Å². The Morgan fingerprint density at radius 1 is 1.19 bits per heavy atom. The van der Waals surface area contributed by atoms with E-state index in [0.29, 0.717) is 29.7 Å².